The molecule has 3 unspecified atom stereocenters. The minimum atomic E-state index is -0.951. The van der Waals surface area contributed by atoms with Crippen LogP contribution in [-0.4, -0.2) is 67.3 Å². The molecule has 4 rings (SSSR count). The van der Waals surface area contributed by atoms with Gasteiger partial charge in [-0.3, -0.25) is 0 Å². The maximum absolute atomic E-state index is 12.3. The van der Waals surface area contributed by atoms with Gasteiger partial charge in [-0.25, -0.2) is 9.79 Å². The van der Waals surface area contributed by atoms with E-state index < -0.39 is 11.9 Å². The fraction of sp³-hybridized carbons (Fsp3) is 0.533. The van der Waals surface area contributed by atoms with Crippen LogP contribution in [0, 0.1) is 11.8 Å². The lowest BCUT2D eigenvalue weighted by Gasteiger charge is -2.41. The first-order chi connectivity index (χ1) is 18.3. The van der Waals surface area contributed by atoms with Gasteiger partial charge in [0.2, 0.25) is 5.72 Å². The maximum atomic E-state index is 12.3. The molecule has 2 aliphatic rings. The minimum absolute atomic E-state index is 0.0447. The molecule has 1 aliphatic carbocycles. The van der Waals surface area contributed by atoms with Gasteiger partial charge >= 0.3 is 6.16 Å². The molecule has 1 fully saturated rings. The van der Waals surface area contributed by atoms with Crippen LogP contribution in [0.1, 0.15) is 49.3 Å². The maximum Gasteiger partial charge on any atom is 0.510 e. The van der Waals surface area contributed by atoms with Crippen molar-refractivity contribution in [3.8, 4) is 0 Å². The van der Waals surface area contributed by atoms with E-state index in [4.69, 9.17) is 26.1 Å². The summed E-state index contributed by atoms with van der Waals surface area (Å²) in [6.07, 6.45) is 8.76. The number of carbonyl (C=O) groups is 1. The first-order valence-electron chi connectivity index (χ1n) is 13.4. The van der Waals surface area contributed by atoms with Gasteiger partial charge < -0.3 is 19.3 Å². The number of ether oxygens (including phenoxy) is 2. The van der Waals surface area contributed by atoms with E-state index in [1.54, 1.807) is 11.8 Å². The highest BCUT2D eigenvalue weighted by molar-refractivity contribution is 7.98. The summed E-state index contributed by atoms with van der Waals surface area (Å²) in [5.74, 6) is 1.71. The van der Waals surface area contributed by atoms with Gasteiger partial charge in [0.25, 0.3) is 0 Å². The van der Waals surface area contributed by atoms with Crippen molar-refractivity contribution < 1.29 is 14.3 Å². The van der Waals surface area contributed by atoms with E-state index in [9.17, 15) is 4.79 Å². The summed E-state index contributed by atoms with van der Waals surface area (Å²) in [7, 11) is 5.70. The standard InChI is InChI=1S/C30H40ClN3O3S/c1-33(2)28(25-14-16-26(31)17-15-25)24-12-10-22(11-13-24)18-27-30(20-38-4,37-29(35)36-3)32-21-34(27)19-23-8-6-5-7-9-23/h5-9,14-17,21-22,24,27-28H,10-13,18-20H2,1-4H3. The second-order valence-electron chi connectivity index (χ2n) is 10.7. The van der Waals surface area contributed by atoms with Crippen LogP contribution in [0.3, 0.4) is 0 Å². The Bertz CT molecular complexity index is 1060. The van der Waals surface area contributed by atoms with E-state index in [2.05, 4.69) is 60.3 Å². The molecule has 0 radical (unpaired) electrons. The monoisotopic (exact) mass is 557 g/mol. The molecule has 0 spiro atoms. The van der Waals surface area contributed by atoms with E-state index >= 15 is 0 Å². The molecule has 6 nitrogen and oxygen atoms in total. The second kappa shape index (κ2) is 13.2. The van der Waals surface area contributed by atoms with Crippen molar-refractivity contribution in [2.75, 3.05) is 33.2 Å². The van der Waals surface area contributed by atoms with Crippen molar-refractivity contribution >= 4 is 35.9 Å². The number of carbonyl (C=O) groups excluding carboxylic acids is 1. The van der Waals surface area contributed by atoms with Crippen LogP contribution in [0.5, 0.6) is 0 Å². The first-order valence-corrected chi connectivity index (χ1v) is 15.1. The van der Waals surface area contributed by atoms with Crippen LogP contribution in [0.15, 0.2) is 59.6 Å². The highest BCUT2D eigenvalue weighted by Crippen LogP contribution is 2.43. The number of hydrogen-bond acceptors (Lipinski definition) is 7. The third-order valence-corrected chi connectivity index (χ3v) is 8.95. The highest BCUT2D eigenvalue weighted by atomic mass is 35.5. The molecule has 3 atom stereocenters. The molecule has 1 saturated carbocycles. The topological polar surface area (TPSA) is 54.4 Å². The Morgan fingerprint density at radius 3 is 2.42 bits per heavy atom. The molecule has 0 bridgehead atoms. The largest absolute Gasteiger partial charge is 0.510 e. The predicted molar refractivity (Wildman–Crippen MR) is 157 cm³/mol. The molecule has 206 valence electrons. The molecule has 2 aromatic rings. The fourth-order valence-electron chi connectivity index (χ4n) is 6.22. The summed E-state index contributed by atoms with van der Waals surface area (Å²) in [5.41, 5.74) is 1.59. The summed E-state index contributed by atoms with van der Waals surface area (Å²) < 4.78 is 10.8. The van der Waals surface area contributed by atoms with Crippen LogP contribution in [-0.2, 0) is 16.0 Å². The van der Waals surface area contributed by atoms with Crippen LogP contribution < -0.4 is 0 Å². The van der Waals surface area contributed by atoms with E-state index in [-0.39, 0.29) is 6.04 Å². The summed E-state index contributed by atoms with van der Waals surface area (Å²) >= 11 is 7.80. The first kappa shape index (κ1) is 28.8. The second-order valence-corrected chi connectivity index (χ2v) is 12.0. The van der Waals surface area contributed by atoms with Crippen molar-refractivity contribution in [2.45, 2.75) is 56.5 Å². The van der Waals surface area contributed by atoms with Gasteiger partial charge in [-0.15, -0.1) is 0 Å². The van der Waals surface area contributed by atoms with Crippen molar-refractivity contribution in [2.24, 2.45) is 16.8 Å². The van der Waals surface area contributed by atoms with Gasteiger partial charge in [-0.2, -0.15) is 11.8 Å². The number of benzene rings is 2. The summed E-state index contributed by atoms with van der Waals surface area (Å²) in [4.78, 5) is 21.8. The van der Waals surface area contributed by atoms with Gasteiger partial charge in [0.15, 0.2) is 0 Å². The van der Waals surface area contributed by atoms with Gasteiger partial charge in [0.05, 0.1) is 25.2 Å². The lowest BCUT2D eigenvalue weighted by Crippen LogP contribution is -2.51. The lowest BCUT2D eigenvalue weighted by molar-refractivity contribution is -0.0442. The number of halogens is 1. The molecule has 0 aromatic heterocycles. The summed E-state index contributed by atoms with van der Waals surface area (Å²) in [5, 5.41) is 0.775. The number of hydrogen-bond donors (Lipinski definition) is 0. The number of rotatable bonds is 10. The SMILES string of the molecule is COC(=O)OC1(CSC)N=CN(Cc2ccccc2)C1CC1CCC(C(c2ccc(Cl)cc2)N(C)C)CC1. The lowest BCUT2D eigenvalue weighted by atomic mass is 9.74. The molecule has 0 amide bonds. The Morgan fingerprint density at radius 1 is 1.13 bits per heavy atom. The van der Waals surface area contributed by atoms with Crippen LogP contribution in [0.25, 0.3) is 0 Å². The van der Waals surface area contributed by atoms with Crippen LogP contribution in [0.4, 0.5) is 4.79 Å². The Labute approximate surface area is 236 Å². The average Bonchev–Trinajstić information content (AvgIpc) is 3.22. The van der Waals surface area contributed by atoms with Crippen molar-refractivity contribution in [1.29, 1.82) is 0 Å². The molecule has 0 N–H and O–H groups in total. The van der Waals surface area contributed by atoms with E-state index in [1.165, 1.54) is 18.2 Å². The zero-order valence-corrected chi connectivity index (χ0v) is 24.5. The predicted octanol–water partition coefficient (Wildman–Crippen LogP) is 6.89. The van der Waals surface area contributed by atoms with E-state index in [0.717, 1.165) is 43.7 Å². The number of methoxy groups -OCH3 is 1. The van der Waals surface area contributed by atoms with Crippen molar-refractivity contribution in [3.05, 3.63) is 70.7 Å². The third kappa shape index (κ3) is 6.85. The highest BCUT2D eigenvalue weighted by Gasteiger charge is 2.50. The van der Waals surface area contributed by atoms with Crippen LogP contribution in [0.2, 0.25) is 5.02 Å². The van der Waals surface area contributed by atoms with Gasteiger partial charge in [-0.05, 0) is 74.7 Å². The molecule has 38 heavy (non-hydrogen) atoms. The van der Waals surface area contributed by atoms with Crippen molar-refractivity contribution in [1.82, 2.24) is 9.80 Å². The summed E-state index contributed by atoms with van der Waals surface area (Å²) in [6, 6.07) is 19.0. The third-order valence-electron chi connectivity index (χ3n) is 7.99. The number of nitrogens with zero attached hydrogens (tertiary/aromatic N) is 3. The Kier molecular flexibility index (Phi) is 10.0. The van der Waals surface area contributed by atoms with Gasteiger partial charge in [0, 0.05) is 17.6 Å². The number of thioether (sulfide) groups is 1. The smallest absolute Gasteiger partial charge is 0.438 e. The molecule has 2 aromatic carbocycles. The molecule has 8 heteroatoms. The fourth-order valence-corrected chi connectivity index (χ4v) is 7.09. The van der Waals surface area contributed by atoms with Gasteiger partial charge in [0.1, 0.15) is 0 Å². The normalized spacial score (nSPS) is 25.9. The quantitative estimate of drug-likeness (QED) is 0.296. The minimum Gasteiger partial charge on any atom is -0.438 e. The van der Waals surface area contributed by atoms with E-state index in [0.29, 0.717) is 23.6 Å². The molecular weight excluding hydrogens is 518 g/mol. The number of aliphatic imine (C=N–C) groups is 1. The Morgan fingerprint density at radius 2 is 1.82 bits per heavy atom. The summed E-state index contributed by atoms with van der Waals surface area (Å²) in [6.45, 7) is 0.726. The average molecular weight is 558 g/mol. The molecule has 1 heterocycles. The van der Waals surface area contributed by atoms with Crippen molar-refractivity contribution in [3.63, 3.8) is 0 Å². The molecule has 1 aliphatic heterocycles. The zero-order chi connectivity index (χ0) is 27.1. The Hall–Kier alpha value is -2.22. The molecular formula is C30H40ClN3O3S. The van der Waals surface area contributed by atoms with E-state index in [1.807, 2.05) is 30.8 Å². The van der Waals surface area contributed by atoms with Gasteiger partial charge in [-0.1, -0.05) is 66.9 Å². The Balaban J connectivity index is 1.49. The zero-order valence-electron chi connectivity index (χ0n) is 22.9. The van der Waals surface area contributed by atoms with Crippen LogP contribution >= 0.6 is 23.4 Å². The molecule has 0 saturated heterocycles.